The van der Waals surface area contributed by atoms with Gasteiger partial charge in [0.15, 0.2) is 5.82 Å². The van der Waals surface area contributed by atoms with E-state index < -0.39 is 4.92 Å². The van der Waals surface area contributed by atoms with E-state index in [1.807, 2.05) is 29.2 Å². The summed E-state index contributed by atoms with van der Waals surface area (Å²) in [6.45, 7) is 2.23. The lowest BCUT2D eigenvalue weighted by Crippen LogP contribution is -2.39. The van der Waals surface area contributed by atoms with Crippen LogP contribution in [-0.2, 0) is 6.54 Å². The lowest BCUT2D eigenvalue weighted by atomic mass is 10.2. The van der Waals surface area contributed by atoms with E-state index in [4.69, 9.17) is 11.6 Å². The zero-order chi connectivity index (χ0) is 13.0. The van der Waals surface area contributed by atoms with Crippen molar-refractivity contribution < 1.29 is 4.92 Å². The quantitative estimate of drug-likeness (QED) is 0.674. The third kappa shape index (κ3) is 3.37. The Morgan fingerprint density at radius 1 is 1.44 bits per heavy atom. The Morgan fingerprint density at radius 2 is 2.17 bits per heavy atom. The van der Waals surface area contributed by atoms with Gasteiger partial charge in [-0.2, -0.15) is 0 Å². The van der Waals surface area contributed by atoms with E-state index in [2.05, 4.69) is 5.32 Å². The SMILES string of the molecule is O=[N+]([O-])C=C1NCCCN1Cc1ccc(Cl)cc1. The van der Waals surface area contributed by atoms with Crippen molar-refractivity contribution in [1.82, 2.24) is 10.2 Å². The monoisotopic (exact) mass is 267 g/mol. The Hall–Kier alpha value is -1.75. The highest BCUT2D eigenvalue weighted by Crippen LogP contribution is 2.15. The molecule has 0 spiro atoms. The molecular formula is C12H14ClN3O2. The van der Waals surface area contributed by atoms with Crippen LogP contribution in [-0.4, -0.2) is 22.9 Å². The zero-order valence-corrected chi connectivity index (χ0v) is 10.6. The van der Waals surface area contributed by atoms with Crippen LogP contribution in [0.3, 0.4) is 0 Å². The molecule has 0 amide bonds. The maximum Gasteiger partial charge on any atom is 0.274 e. The van der Waals surface area contributed by atoms with Gasteiger partial charge in [-0.15, -0.1) is 0 Å². The first-order valence-corrected chi connectivity index (χ1v) is 6.11. The van der Waals surface area contributed by atoms with E-state index in [1.54, 1.807) is 0 Å². The van der Waals surface area contributed by atoms with Crippen molar-refractivity contribution in [3.8, 4) is 0 Å². The molecule has 5 nitrogen and oxygen atoms in total. The van der Waals surface area contributed by atoms with Crippen LogP contribution >= 0.6 is 11.6 Å². The summed E-state index contributed by atoms with van der Waals surface area (Å²) >= 11 is 5.83. The zero-order valence-electron chi connectivity index (χ0n) is 9.80. The average Bonchev–Trinajstić information content (AvgIpc) is 2.34. The number of rotatable bonds is 3. The predicted octanol–water partition coefficient (Wildman–Crippen LogP) is 2.21. The predicted molar refractivity (Wildman–Crippen MR) is 69.6 cm³/mol. The summed E-state index contributed by atoms with van der Waals surface area (Å²) in [5.41, 5.74) is 1.08. The number of nitrogens with zero attached hydrogens (tertiary/aromatic N) is 2. The highest BCUT2D eigenvalue weighted by Gasteiger charge is 2.17. The van der Waals surface area contributed by atoms with Crippen LogP contribution in [0.5, 0.6) is 0 Å². The van der Waals surface area contributed by atoms with Gasteiger partial charge in [-0.3, -0.25) is 10.1 Å². The van der Waals surface area contributed by atoms with Crippen molar-refractivity contribution in [3.05, 3.63) is 57.0 Å². The van der Waals surface area contributed by atoms with Gasteiger partial charge in [0.1, 0.15) is 0 Å². The second-order valence-electron chi connectivity index (χ2n) is 4.13. The molecule has 1 fully saturated rings. The lowest BCUT2D eigenvalue weighted by Gasteiger charge is -2.30. The molecule has 0 aromatic heterocycles. The summed E-state index contributed by atoms with van der Waals surface area (Å²) in [5, 5.41) is 14.3. The number of nitrogens with one attached hydrogen (secondary N) is 1. The van der Waals surface area contributed by atoms with Gasteiger partial charge >= 0.3 is 0 Å². The number of halogens is 1. The first-order chi connectivity index (χ1) is 8.65. The molecule has 1 aromatic carbocycles. The molecule has 6 heteroatoms. The highest BCUT2D eigenvalue weighted by molar-refractivity contribution is 6.30. The topological polar surface area (TPSA) is 58.4 Å². The molecule has 1 aliphatic rings. The van der Waals surface area contributed by atoms with Gasteiger partial charge in [-0.25, -0.2) is 0 Å². The Bertz CT molecular complexity index is 459. The van der Waals surface area contributed by atoms with Crippen LogP contribution in [0.2, 0.25) is 5.02 Å². The van der Waals surface area contributed by atoms with Crippen molar-refractivity contribution in [3.63, 3.8) is 0 Å². The first kappa shape index (κ1) is 12.7. The normalized spacial score (nSPS) is 17.6. The summed E-state index contributed by atoms with van der Waals surface area (Å²) in [6, 6.07) is 7.51. The second-order valence-corrected chi connectivity index (χ2v) is 4.56. The van der Waals surface area contributed by atoms with Crippen LogP contribution in [0, 0.1) is 10.1 Å². The largest absolute Gasteiger partial charge is 0.367 e. The van der Waals surface area contributed by atoms with Gasteiger partial charge in [0.25, 0.3) is 6.20 Å². The van der Waals surface area contributed by atoms with Crippen molar-refractivity contribution >= 4 is 11.6 Å². The second kappa shape index (κ2) is 5.73. The van der Waals surface area contributed by atoms with Crippen LogP contribution in [0.1, 0.15) is 12.0 Å². The fourth-order valence-electron chi connectivity index (χ4n) is 1.92. The third-order valence-electron chi connectivity index (χ3n) is 2.77. The molecule has 18 heavy (non-hydrogen) atoms. The molecule has 0 saturated carbocycles. The smallest absolute Gasteiger partial charge is 0.274 e. The molecule has 0 unspecified atom stereocenters. The van der Waals surface area contributed by atoms with Crippen molar-refractivity contribution in [2.45, 2.75) is 13.0 Å². The fourth-order valence-corrected chi connectivity index (χ4v) is 2.05. The molecule has 1 aliphatic heterocycles. The summed E-state index contributed by atoms with van der Waals surface area (Å²) in [6.07, 6.45) is 2.00. The molecule has 0 bridgehead atoms. The number of hydrogen-bond donors (Lipinski definition) is 1. The fraction of sp³-hybridized carbons (Fsp3) is 0.333. The average molecular weight is 268 g/mol. The van der Waals surface area contributed by atoms with Gasteiger partial charge in [-0.1, -0.05) is 23.7 Å². The molecule has 0 atom stereocenters. The Morgan fingerprint density at radius 3 is 2.83 bits per heavy atom. The molecule has 1 aromatic rings. The number of hydrogen-bond acceptors (Lipinski definition) is 4. The maximum atomic E-state index is 10.6. The van der Waals surface area contributed by atoms with Gasteiger partial charge < -0.3 is 10.2 Å². The van der Waals surface area contributed by atoms with Gasteiger partial charge in [0, 0.05) is 24.7 Å². The summed E-state index contributed by atoms with van der Waals surface area (Å²) in [7, 11) is 0. The van der Waals surface area contributed by atoms with Crippen LogP contribution in [0.15, 0.2) is 36.3 Å². The van der Waals surface area contributed by atoms with Crippen LogP contribution in [0.25, 0.3) is 0 Å². The number of nitro groups is 1. The lowest BCUT2D eigenvalue weighted by molar-refractivity contribution is -0.405. The van der Waals surface area contributed by atoms with Crippen LogP contribution in [0.4, 0.5) is 0 Å². The highest BCUT2D eigenvalue weighted by atomic mass is 35.5. The minimum absolute atomic E-state index is 0.428. The molecule has 0 radical (unpaired) electrons. The summed E-state index contributed by atoms with van der Waals surface area (Å²) in [4.78, 5) is 12.1. The minimum atomic E-state index is -0.428. The van der Waals surface area contributed by atoms with E-state index in [1.165, 1.54) is 0 Å². The molecule has 96 valence electrons. The maximum absolute atomic E-state index is 10.6. The van der Waals surface area contributed by atoms with E-state index in [0.29, 0.717) is 17.4 Å². The first-order valence-electron chi connectivity index (χ1n) is 5.74. The van der Waals surface area contributed by atoms with Gasteiger partial charge in [-0.05, 0) is 24.1 Å². The Kier molecular flexibility index (Phi) is 4.04. The Labute approximate surface area is 110 Å². The molecule has 1 saturated heterocycles. The molecule has 0 aliphatic carbocycles. The van der Waals surface area contributed by atoms with E-state index >= 15 is 0 Å². The van der Waals surface area contributed by atoms with E-state index in [-0.39, 0.29) is 0 Å². The molecule has 1 N–H and O–H groups in total. The molecular weight excluding hydrogens is 254 g/mol. The Balaban J connectivity index is 2.10. The third-order valence-corrected chi connectivity index (χ3v) is 3.02. The summed E-state index contributed by atoms with van der Waals surface area (Å²) in [5.74, 6) is 0.571. The molecule has 1 heterocycles. The van der Waals surface area contributed by atoms with E-state index in [9.17, 15) is 10.1 Å². The van der Waals surface area contributed by atoms with Crippen molar-refractivity contribution in [1.29, 1.82) is 0 Å². The van der Waals surface area contributed by atoms with Crippen molar-refractivity contribution in [2.75, 3.05) is 13.1 Å². The number of benzene rings is 1. The molecule has 2 rings (SSSR count). The van der Waals surface area contributed by atoms with Gasteiger partial charge in [0.2, 0.25) is 0 Å². The van der Waals surface area contributed by atoms with E-state index in [0.717, 1.165) is 31.3 Å². The standard InChI is InChI=1S/C12H14ClN3O2/c13-11-4-2-10(3-5-11)8-15-7-1-6-14-12(15)9-16(17)18/h2-5,9,14H,1,6-8H2. The van der Waals surface area contributed by atoms with Crippen LogP contribution < -0.4 is 5.32 Å². The minimum Gasteiger partial charge on any atom is -0.367 e. The summed E-state index contributed by atoms with van der Waals surface area (Å²) < 4.78 is 0. The van der Waals surface area contributed by atoms with Gasteiger partial charge in [0.05, 0.1) is 4.92 Å². The van der Waals surface area contributed by atoms with Crippen molar-refractivity contribution in [2.24, 2.45) is 0 Å².